The van der Waals surface area contributed by atoms with Gasteiger partial charge >= 0.3 is 17.9 Å². The van der Waals surface area contributed by atoms with E-state index >= 15 is 0 Å². The van der Waals surface area contributed by atoms with Crippen LogP contribution in [0.4, 0.5) is 0 Å². The van der Waals surface area contributed by atoms with E-state index < -0.39 is 40.3 Å². The Labute approximate surface area is 511 Å². The van der Waals surface area contributed by atoms with Crippen LogP contribution in [0.3, 0.4) is 0 Å². The van der Waals surface area contributed by atoms with E-state index in [4.69, 9.17) is 18.9 Å². The van der Waals surface area contributed by atoms with Crippen LogP contribution in [-0.4, -0.2) is 82.6 Å². The third kappa shape index (κ3) is 20.2. The molecule has 0 saturated heterocycles. The Balaban J connectivity index is 1.76. The van der Waals surface area contributed by atoms with Crippen LogP contribution in [0.2, 0.25) is 0 Å². The number of carbonyl (C=O) groups is 3. The minimum Gasteiger partial charge on any atom is -0.507 e. The Kier molecular flexibility index (Phi) is 22.7. The molecule has 4 aromatic carbocycles. The lowest BCUT2D eigenvalue weighted by atomic mass is 9.78. The number of ether oxygens (including phenoxy) is 4. The van der Waals surface area contributed by atoms with Crippen LogP contribution >= 0.6 is 0 Å². The molecule has 0 radical (unpaired) electrons. The molecule has 0 aromatic heterocycles. The summed E-state index contributed by atoms with van der Waals surface area (Å²) in [6.07, 6.45) is -0.0742. The number of hydrogen-bond acceptors (Lipinski definition) is 12. The maximum atomic E-state index is 14.1. The number of aromatic hydroxyl groups is 4. The summed E-state index contributed by atoms with van der Waals surface area (Å²) in [6, 6.07) is 15.4. The van der Waals surface area contributed by atoms with Gasteiger partial charge in [-0.2, -0.15) is 0 Å². The minimum absolute atomic E-state index is 0.0353. The first-order valence-corrected chi connectivity index (χ1v) is 30.6. The molecule has 0 aliphatic heterocycles. The molecule has 0 heterocycles. The second kappa shape index (κ2) is 26.8. The van der Waals surface area contributed by atoms with Gasteiger partial charge in [0.25, 0.3) is 0 Å². The number of rotatable bonds is 21. The molecule has 474 valence electrons. The van der Waals surface area contributed by atoms with Crippen LogP contribution in [0, 0.1) is 5.41 Å². The quantitative estimate of drug-likeness (QED) is 0.0393. The summed E-state index contributed by atoms with van der Waals surface area (Å²) in [5, 5.41) is 57.5. The van der Waals surface area contributed by atoms with Crippen molar-refractivity contribution in [2.24, 2.45) is 5.41 Å². The first-order valence-electron chi connectivity index (χ1n) is 30.6. The van der Waals surface area contributed by atoms with E-state index in [-0.39, 0.29) is 114 Å². The van der Waals surface area contributed by atoms with Crippen molar-refractivity contribution in [2.45, 2.75) is 261 Å². The first kappa shape index (κ1) is 71.9. The molecule has 1 atom stereocenters. The number of aliphatic hydroxyl groups is 1. The van der Waals surface area contributed by atoms with Crippen LogP contribution < -0.4 is 0 Å². The lowest BCUT2D eigenvalue weighted by Crippen LogP contribution is -2.44. The topological polar surface area (TPSA) is 189 Å². The van der Waals surface area contributed by atoms with Gasteiger partial charge in [-0.3, -0.25) is 14.4 Å². The molecule has 12 nitrogen and oxygen atoms in total. The summed E-state index contributed by atoms with van der Waals surface area (Å²) < 4.78 is 24.8. The van der Waals surface area contributed by atoms with Crippen molar-refractivity contribution in [3.8, 4) is 23.0 Å². The highest BCUT2D eigenvalue weighted by Crippen LogP contribution is 2.44. The molecule has 0 saturated carbocycles. The largest absolute Gasteiger partial charge is 0.507 e. The van der Waals surface area contributed by atoms with E-state index in [2.05, 4.69) is 0 Å². The van der Waals surface area contributed by atoms with Crippen molar-refractivity contribution in [1.29, 1.82) is 0 Å². The molecule has 0 bridgehead atoms. The summed E-state index contributed by atoms with van der Waals surface area (Å²) in [5.74, 6) is -0.753. The molecule has 12 heteroatoms. The predicted octanol–water partition coefficient (Wildman–Crippen LogP) is 15.3. The average molecular weight is 1180 g/mol. The molecule has 0 aliphatic rings. The van der Waals surface area contributed by atoms with Gasteiger partial charge in [0.1, 0.15) is 42.8 Å². The highest BCUT2D eigenvalue weighted by molar-refractivity contribution is 5.71. The maximum absolute atomic E-state index is 14.1. The van der Waals surface area contributed by atoms with Crippen LogP contribution in [0.25, 0.3) is 0 Å². The number of benzene rings is 4. The third-order valence-electron chi connectivity index (χ3n) is 15.8. The monoisotopic (exact) mass is 1180 g/mol. The van der Waals surface area contributed by atoms with Gasteiger partial charge in [-0.05, 0) is 129 Å². The van der Waals surface area contributed by atoms with Gasteiger partial charge in [0.15, 0.2) is 0 Å². The predicted molar refractivity (Wildman–Crippen MR) is 343 cm³/mol. The number of hydrogen-bond donors (Lipinski definition) is 5. The maximum Gasteiger partial charge on any atom is 0.306 e. The van der Waals surface area contributed by atoms with Gasteiger partial charge in [0.05, 0.1) is 24.7 Å². The summed E-state index contributed by atoms with van der Waals surface area (Å²) in [6.45, 7) is 47.1. The number of aliphatic hydroxyl groups excluding tert-OH is 1. The fourth-order valence-electron chi connectivity index (χ4n) is 10.6. The van der Waals surface area contributed by atoms with Crippen molar-refractivity contribution in [1.82, 2.24) is 0 Å². The zero-order valence-electron chi connectivity index (χ0n) is 56.8. The van der Waals surface area contributed by atoms with E-state index in [1.165, 1.54) is 0 Å². The average Bonchev–Trinajstić information content (AvgIpc) is 3.39. The van der Waals surface area contributed by atoms with E-state index in [1.807, 2.05) is 215 Å². The zero-order chi connectivity index (χ0) is 65.0. The van der Waals surface area contributed by atoms with Crippen LogP contribution in [0.15, 0.2) is 48.5 Å². The van der Waals surface area contributed by atoms with E-state index in [0.717, 1.165) is 66.8 Å². The SMILES string of the molecule is CC(C)(C)c1cc(CCC(=O)OCC(COCC(O)Cc2cc(C(C)(C)C)c(O)c(C(C)(C)C)c2)(COC(=O)CCc2cc(C(C)(C)C)c(O)c(C(C)(C)C)c2)COC(=O)CCc2cc(C(C)(C)C)c(O)c(C(C)(C)C)c2)cc(C(C)(C)C)c1O. The van der Waals surface area contributed by atoms with Crippen molar-refractivity contribution >= 4 is 17.9 Å². The minimum atomic E-state index is -1.47. The molecule has 0 spiro atoms. The Morgan fingerprint density at radius 3 is 0.741 bits per heavy atom. The number of aryl methyl sites for hydroxylation is 3. The smallest absolute Gasteiger partial charge is 0.306 e. The van der Waals surface area contributed by atoms with E-state index in [0.29, 0.717) is 19.3 Å². The molecule has 4 rings (SSSR count). The highest BCUT2D eigenvalue weighted by atomic mass is 16.6. The Morgan fingerprint density at radius 2 is 0.541 bits per heavy atom. The molecule has 0 fully saturated rings. The van der Waals surface area contributed by atoms with Gasteiger partial charge in [0, 0.05) is 25.7 Å². The highest BCUT2D eigenvalue weighted by Gasteiger charge is 2.38. The van der Waals surface area contributed by atoms with Gasteiger partial charge < -0.3 is 44.5 Å². The van der Waals surface area contributed by atoms with Gasteiger partial charge in [0.2, 0.25) is 0 Å². The zero-order valence-corrected chi connectivity index (χ0v) is 56.8. The molecule has 4 aromatic rings. The summed E-state index contributed by atoms with van der Waals surface area (Å²) in [7, 11) is 0. The summed E-state index contributed by atoms with van der Waals surface area (Å²) in [4.78, 5) is 42.3. The molecule has 0 aliphatic carbocycles. The molecule has 0 amide bonds. The van der Waals surface area contributed by atoms with Crippen molar-refractivity contribution in [2.75, 3.05) is 33.0 Å². The third-order valence-corrected chi connectivity index (χ3v) is 15.8. The lowest BCUT2D eigenvalue weighted by molar-refractivity contribution is -0.168. The summed E-state index contributed by atoms with van der Waals surface area (Å²) >= 11 is 0. The van der Waals surface area contributed by atoms with Gasteiger partial charge in [-0.1, -0.05) is 215 Å². The summed E-state index contributed by atoms with van der Waals surface area (Å²) in [5.41, 5.74) is 4.89. The fraction of sp³-hybridized carbons (Fsp3) is 0.630. The van der Waals surface area contributed by atoms with Gasteiger partial charge in [-0.25, -0.2) is 0 Å². The normalized spacial score (nSPS) is 13.7. The Bertz CT molecular complexity index is 2590. The van der Waals surface area contributed by atoms with Crippen molar-refractivity contribution < 1.29 is 58.9 Å². The molecule has 85 heavy (non-hydrogen) atoms. The number of carbonyl (C=O) groups excluding carboxylic acids is 3. The van der Waals surface area contributed by atoms with Crippen LogP contribution in [-0.2, 0) is 102 Å². The van der Waals surface area contributed by atoms with Crippen LogP contribution in [0.1, 0.15) is 252 Å². The number of esters is 3. The standard InChI is InChI=1S/C73H110O12/c1-65(2,3)50-32-45(33-51(61(50)78)66(4,5)6)25-28-58(75)83-42-73(41-82-40-49(74)31-48-38-56(71(19,20)21)64(81)57(39-48)72(22,23)24,43-84-59(76)29-26-46-34-52(67(7,8)9)62(79)53(35-46)68(10,11)12)44-85-60(77)30-27-47-36-54(69(13,14)15)63(80)55(37-47)70(16,17)18/h32-39,49,74,78-81H,25-31,40-44H2,1-24H3. The first-order chi connectivity index (χ1) is 38.4. The fourth-order valence-corrected chi connectivity index (χ4v) is 10.6. The van der Waals surface area contributed by atoms with Crippen molar-refractivity contribution in [3.05, 3.63) is 115 Å². The second-order valence-corrected chi connectivity index (χ2v) is 32.5. The molecular weight excluding hydrogens is 1070 g/mol. The Morgan fingerprint density at radius 1 is 0.341 bits per heavy atom. The second-order valence-electron chi connectivity index (χ2n) is 32.5. The van der Waals surface area contributed by atoms with E-state index in [1.54, 1.807) is 0 Å². The van der Waals surface area contributed by atoms with Crippen molar-refractivity contribution in [3.63, 3.8) is 0 Å². The van der Waals surface area contributed by atoms with Gasteiger partial charge in [-0.15, -0.1) is 0 Å². The molecular formula is C73H110O12. The lowest BCUT2D eigenvalue weighted by Gasteiger charge is -2.32. The Hall–Kier alpha value is -5.59. The molecule has 1 unspecified atom stereocenters. The van der Waals surface area contributed by atoms with Crippen LogP contribution in [0.5, 0.6) is 23.0 Å². The number of phenolic OH excluding ortho intramolecular Hbond substituents is 4. The molecule has 5 N–H and O–H groups in total. The van der Waals surface area contributed by atoms with E-state index in [9.17, 15) is 39.9 Å². The number of phenols is 4.